The largest absolute Gasteiger partial charge is 0.497 e. The average molecular weight is 330 g/mol. The average Bonchev–Trinajstić information content (AvgIpc) is 2.59. The topological polar surface area (TPSA) is 85.4 Å². The van der Waals surface area contributed by atoms with Crippen LogP contribution < -0.4 is 20.1 Å². The number of nitrogens with zero attached hydrogens (tertiary/aromatic N) is 2. The Morgan fingerprint density at radius 1 is 1.17 bits per heavy atom. The van der Waals surface area contributed by atoms with Gasteiger partial charge in [-0.15, -0.1) is 0 Å². The number of aryl methyl sites for hydroxylation is 1. The third-order valence-corrected chi connectivity index (χ3v) is 3.28. The maximum absolute atomic E-state index is 12.1. The highest BCUT2D eigenvalue weighted by Crippen LogP contribution is 2.30. The summed E-state index contributed by atoms with van der Waals surface area (Å²) in [4.78, 5) is 20.7. The predicted molar refractivity (Wildman–Crippen MR) is 92.2 cm³/mol. The number of benzene rings is 1. The van der Waals surface area contributed by atoms with Gasteiger partial charge in [0.15, 0.2) is 0 Å². The molecule has 2 aromatic rings. The monoisotopic (exact) mass is 330 g/mol. The highest BCUT2D eigenvalue weighted by Gasteiger charge is 2.12. The summed E-state index contributed by atoms with van der Waals surface area (Å²) in [6.45, 7) is 4.41. The number of carbonyl (C=O) groups excluding carboxylic acids is 1. The van der Waals surface area contributed by atoms with Crippen LogP contribution >= 0.6 is 0 Å². The van der Waals surface area contributed by atoms with Crippen LogP contribution in [-0.4, -0.2) is 36.6 Å². The van der Waals surface area contributed by atoms with Crippen molar-refractivity contribution in [2.75, 3.05) is 26.1 Å². The smallest absolute Gasteiger partial charge is 0.270 e. The van der Waals surface area contributed by atoms with Crippen LogP contribution in [0, 0.1) is 6.92 Å². The van der Waals surface area contributed by atoms with Gasteiger partial charge in [-0.3, -0.25) is 4.79 Å². The van der Waals surface area contributed by atoms with Crippen molar-refractivity contribution in [2.45, 2.75) is 20.3 Å². The lowest BCUT2D eigenvalue weighted by Gasteiger charge is -2.12. The third-order valence-electron chi connectivity index (χ3n) is 3.28. The predicted octanol–water partition coefficient (Wildman–Crippen LogP) is 2.69. The molecule has 1 aromatic carbocycles. The van der Waals surface area contributed by atoms with Crippen LogP contribution in [0.25, 0.3) is 0 Å². The molecule has 0 bridgehead atoms. The molecule has 1 amide bonds. The van der Waals surface area contributed by atoms with Crippen molar-refractivity contribution >= 4 is 17.5 Å². The first-order valence-corrected chi connectivity index (χ1v) is 7.70. The van der Waals surface area contributed by atoms with E-state index in [4.69, 9.17) is 9.47 Å². The quantitative estimate of drug-likeness (QED) is 0.812. The van der Waals surface area contributed by atoms with Gasteiger partial charge in [0, 0.05) is 18.3 Å². The molecule has 0 saturated carbocycles. The molecule has 0 radical (unpaired) electrons. The van der Waals surface area contributed by atoms with Crippen LogP contribution in [-0.2, 0) is 0 Å². The van der Waals surface area contributed by atoms with E-state index in [1.54, 1.807) is 38.5 Å². The van der Waals surface area contributed by atoms with Crippen molar-refractivity contribution in [3.05, 3.63) is 35.7 Å². The van der Waals surface area contributed by atoms with Gasteiger partial charge in [0.05, 0.1) is 19.9 Å². The molecule has 0 aliphatic heterocycles. The highest BCUT2D eigenvalue weighted by molar-refractivity contribution is 5.92. The van der Waals surface area contributed by atoms with E-state index in [0.29, 0.717) is 41.1 Å². The molecule has 0 spiro atoms. The number of methoxy groups -OCH3 is 2. The summed E-state index contributed by atoms with van der Waals surface area (Å²) >= 11 is 0. The molecular weight excluding hydrogens is 308 g/mol. The Bertz CT molecular complexity index is 719. The molecular formula is C17H22N4O3. The molecule has 0 unspecified atom stereocenters. The van der Waals surface area contributed by atoms with Gasteiger partial charge in [-0.1, -0.05) is 6.92 Å². The maximum atomic E-state index is 12.1. The second-order valence-electron chi connectivity index (χ2n) is 5.17. The number of carbonyl (C=O) groups is 1. The fraction of sp³-hybridized carbons (Fsp3) is 0.353. The summed E-state index contributed by atoms with van der Waals surface area (Å²) in [7, 11) is 3.17. The summed E-state index contributed by atoms with van der Waals surface area (Å²) in [5.74, 6) is 1.40. The molecule has 24 heavy (non-hydrogen) atoms. The van der Waals surface area contributed by atoms with Gasteiger partial charge in [-0.2, -0.15) is 0 Å². The number of amides is 1. The lowest BCUT2D eigenvalue weighted by Crippen LogP contribution is -2.25. The number of hydrogen-bond acceptors (Lipinski definition) is 6. The van der Waals surface area contributed by atoms with Crippen LogP contribution in [0.5, 0.6) is 11.5 Å². The van der Waals surface area contributed by atoms with Gasteiger partial charge in [0.25, 0.3) is 5.91 Å². The van der Waals surface area contributed by atoms with Crippen molar-refractivity contribution in [3.8, 4) is 11.5 Å². The summed E-state index contributed by atoms with van der Waals surface area (Å²) in [6.07, 6.45) is 0.863. The van der Waals surface area contributed by atoms with E-state index in [2.05, 4.69) is 20.6 Å². The van der Waals surface area contributed by atoms with Crippen LogP contribution in [0.2, 0.25) is 0 Å². The molecule has 0 fully saturated rings. The van der Waals surface area contributed by atoms with E-state index in [0.717, 1.165) is 6.42 Å². The van der Waals surface area contributed by atoms with Gasteiger partial charge < -0.3 is 20.1 Å². The van der Waals surface area contributed by atoms with E-state index in [1.807, 2.05) is 13.8 Å². The minimum Gasteiger partial charge on any atom is -0.497 e. The molecule has 1 aromatic heterocycles. The summed E-state index contributed by atoms with van der Waals surface area (Å²) in [6, 6.07) is 7.01. The zero-order valence-corrected chi connectivity index (χ0v) is 14.3. The van der Waals surface area contributed by atoms with Gasteiger partial charge in [-0.05, 0) is 31.5 Å². The Labute approximate surface area is 141 Å². The molecule has 1 heterocycles. The van der Waals surface area contributed by atoms with Crippen molar-refractivity contribution in [1.29, 1.82) is 0 Å². The number of aromatic nitrogens is 2. The van der Waals surface area contributed by atoms with Crippen molar-refractivity contribution in [2.24, 2.45) is 0 Å². The molecule has 2 N–H and O–H groups in total. The van der Waals surface area contributed by atoms with E-state index >= 15 is 0 Å². The van der Waals surface area contributed by atoms with E-state index in [-0.39, 0.29) is 5.91 Å². The van der Waals surface area contributed by atoms with Gasteiger partial charge >= 0.3 is 0 Å². The van der Waals surface area contributed by atoms with Crippen molar-refractivity contribution < 1.29 is 14.3 Å². The second kappa shape index (κ2) is 8.14. The minimum atomic E-state index is -0.219. The summed E-state index contributed by atoms with van der Waals surface area (Å²) < 4.78 is 10.5. The number of hydrogen-bond donors (Lipinski definition) is 2. The molecule has 0 aliphatic rings. The molecule has 0 atom stereocenters. The first-order valence-electron chi connectivity index (χ1n) is 7.70. The number of rotatable bonds is 7. The van der Waals surface area contributed by atoms with Crippen molar-refractivity contribution in [1.82, 2.24) is 15.3 Å². The number of ether oxygens (including phenoxy) is 2. The van der Waals surface area contributed by atoms with E-state index < -0.39 is 0 Å². The minimum absolute atomic E-state index is 0.219. The SMILES string of the molecule is CCCNC(=O)c1cc(C)nc(Nc2cc(OC)ccc2OC)n1. The zero-order chi connectivity index (χ0) is 17.5. The maximum Gasteiger partial charge on any atom is 0.270 e. The molecule has 0 aliphatic carbocycles. The zero-order valence-electron chi connectivity index (χ0n) is 14.3. The van der Waals surface area contributed by atoms with Gasteiger partial charge in [0.1, 0.15) is 17.2 Å². The first-order chi connectivity index (χ1) is 11.6. The lowest BCUT2D eigenvalue weighted by atomic mass is 10.2. The fourth-order valence-corrected chi connectivity index (χ4v) is 2.10. The van der Waals surface area contributed by atoms with Crippen LogP contribution in [0.1, 0.15) is 29.5 Å². The lowest BCUT2D eigenvalue weighted by molar-refractivity contribution is 0.0948. The second-order valence-corrected chi connectivity index (χ2v) is 5.17. The van der Waals surface area contributed by atoms with Crippen molar-refractivity contribution in [3.63, 3.8) is 0 Å². The molecule has 7 heteroatoms. The van der Waals surface area contributed by atoms with Crippen LogP contribution in [0.3, 0.4) is 0 Å². The standard InChI is InChI=1S/C17H22N4O3/c1-5-8-18-16(22)14-9-11(2)19-17(21-14)20-13-10-12(23-3)6-7-15(13)24-4/h6-7,9-10H,5,8H2,1-4H3,(H,18,22)(H,19,20,21). The molecule has 7 nitrogen and oxygen atoms in total. The van der Waals surface area contributed by atoms with E-state index in [1.165, 1.54) is 0 Å². The van der Waals surface area contributed by atoms with E-state index in [9.17, 15) is 4.79 Å². The number of nitrogens with one attached hydrogen (secondary N) is 2. The van der Waals surface area contributed by atoms with Crippen LogP contribution in [0.4, 0.5) is 11.6 Å². The Balaban J connectivity index is 2.30. The fourth-order valence-electron chi connectivity index (χ4n) is 2.10. The molecule has 0 saturated heterocycles. The first kappa shape index (κ1) is 17.5. The highest BCUT2D eigenvalue weighted by atomic mass is 16.5. The Morgan fingerprint density at radius 2 is 1.96 bits per heavy atom. The van der Waals surface area contributed by atoms with Gasteiger partial charge in [0.2, 0.25) is 5.95 Å². The number of anilines is 2. The van der Waals surface area contributed by atoms with Gasteiger partial charge in [-0.25, -0.2) is 9.97 Å². The third kappa shape index (κ3) is 4.34. The molecule has 2 rings (SSSR count). The Kier molecular flexibility index (Phi) is 5.95. The van der Waals surface area contributed by atoms with Crippen LogP contribution in [0.15, 0.2) is 24.3 Å². The summed E-state index contributed by atoms with van der Waals surface area (Å²) in [5.41, 5.74) is 1.67. The summed E-state index contributed by atoms with van der Waals surface area (Å²) in [5, 5.41) is 5.89. The normalized spacial score (nSPS) is 10.2. The molecule has 128 valence electrons. The Morgan fingerprint density at radius 3 is 2.62 bits per heavy atom. The Hall–Kier alpha value is -2.83.